The number of benzene rings is 1. The SMILES string of the molecule is CCNCOc1cccc(C)c1OCNCC. The fourth-order valence-corrected chi connectivity index (χ4v) is 1.38. The summed E-state index contributed by atoms with van der Waals surface area (Å²) >= 11 is 0. The summed E-state index contributed by atoms with van der Waals surface area (Å²) in [6.45, 7) is 8.88. The second kappa shape index (κ2) is 7.92. The van der Waals surface area contributed by atoms with Crippen molar-refractivity contribution in [2.45, 2.75) is 20.8 Å². The molecule has 17 heavy (non-hydrogen) atoms. The first kappa shape index (κ1) is 13.8. The molecule has 0 saturated carbocycles. The minimum Gasteiger partial charge on any atom is -0.474 e. The number of nitrogens with one attached hydrogen (secondary N) is 2. The van der Waals surface area contributed by atoms with Crippen molar-refractivity contribution < 1.29 is 9.47 Å². The van der Waals surface area contributed by atoms with Crippen LogP contribution in [0, 0.1) is 6.92 Å². The van der Waals surface area contributed by atoms with Crippen LogP contribution in [0.4, 0.5) is 0 Å². The summed E-state index contributed by atoms with van der Waals surface area (Å²) in [5.74, 6) is 1.59. The van der Waals surface area contributed by atoms with Gasteiger partial charge in [0.15, 0.2) is 11.5 Å². The number of rotatable bonds is 8. The van der Waals surface area contributed by atoms with E-state index in [2.05, 4.69) is 10.6 Å². The molecular weight excluding hydrogens is 216 g/mol. The lowest BCUT2D eigenvalue weighted by Crippen LogP contribution is -2.21. The normalized spacial score (nSPS) is 10.3. The highest BCUT2D eigenvalue weighted by molar-refractivity contribution is 5.45. The first-order chi connectivity index (χ1) is 8.29. The van der Waals surface area contributed by atoms with Crippen molar-refractivity contribution in [2.75, 3.05) is 26.6 Å². The predicted molar refractivity (Wildman–Crippen MR) is 69.5 cm³/mol. The molecule has 0 heterocycles. The van der Waals surface area contributed by atoms with Gasteiger partial charge in [-0.05, 0) is 31.6 Å². The lowest BCUT2D eigenvalue weighted by Gasteiger charge is -2.15. The predicted octanol–water partition coefficient (Wildman–Crippen LogP) is 1.89. The van der Waals surface area contributed by atoms with Crippen LogP contribution in [0.15, 0.2) is 18.2 Å². The zero-order valence-corrected chi connectivity index (χ0v) is 10.9. The quantitative estimate of drug-likeness (QED) is 0.536. The van der Waals surface area contributed by atoms with Gasteiger partial charge in [0.25, 0.3) is 0 Å². The molecule has 96 valence electrons. The third kappa shape index (κ3) is 4.63. The van der Waals surface area contributed by atoms with E-state index in [1.54, 1.807) is 0 Å². The molecule has 2 N–H and O–H groups in total. The summed E-state index contributed by atoms with van der Waals surface area (Å²) in [4.78, 5) is 0. The maximum absolute atomic E-state index is 5.68. The molecule has 0 unspecified atom stereocenters. The average molecular weight is 238 g/mol. The Bertz CT molecular complexity index is 329. The van der Waals surface area contributed by atoms with Crippen molar-refractivity contribution in [1.82, 2.24) is 10.6 Å². The molecule has 0 amide bonds. The third-order valence-electron chi connectivity index (χ3n) is 2.32. The summed E-state index contributed by atoms with van der Waals surface area (Å²) in [5.41, 5.74) is 1.08. The van der Waals surface area contributed by atoms with E-state index in [0.717, 1.165) is 30.2 Å². The summed E-state index contributed by atoms with van der Waals surface area (Å²) in [5, 5.41) is 6.24. The molecule has 0 atom stereocenters. The smallest absolute Gasteiger partial charge is 0.166 e. The highest BCUT2D eigenvalue weighted by Gasteiger charge is 2.07. The number of hydrogen-bond donors (Lipinski definition) is 2. The van der Waals surface area contributed by atoms with Crippen LogP contribution in [0.5, 0.6) is 11.5 Å². The van der Waals surface area contributed by atoms with E-state index in [-0.39, 0.29) is 0 Å². The molecule has 4 nitrogen and oxygen atoms in total. The van der Waals surface area contributed by atoms with Crippen molar-refractivity contribution in [2.24, 2.45) is 0 Å². The standard InChI is InChI=1S/C13H22N2O2/c1-4-14-9-16-12-8-6-7-11(3)13(12)17-10-15-5-2/h6-8,14-15H,4-5,9-10H2,1-3H3. The molecule has 1 aromatic rings. The van der Waals surface area contributed by atoms with Crippen LogP contribution in [0.3, 0.4) is 0 Å². The zero-order chi connectivity index (χ0) is 12.5. The maximum Gasteiger partial charge on any atom is 0.166 e. The fraction of sp³-hybridized carbons (Fsp3) is 0.538. The minimum atomic E-state index is 0.498. The van der Waals surface area contributed by atoms with Gasteiger partial charge >= 0.3 is 0 Å². The van der Waals surface area contributed by atoms with Gasteiger partial charge in [-0.1, -0.05) is 26.0 Å². The van der Waals surface area contributed by atoms with Crippen LogP contribution in [0.2, 0.25) is 0 Å². The molecule has 0 aromatic heterocycles. The van der Waals surface area contributed by atoms with E-state index in [1.165, 1.54) is 0 Å². The van der Waals surface area contributed by atoms with Crippen LogP contribution < -0.4 is 20.1 Å². The van der Waals surface area contributed by atoms with Crippen molar-refractivity contribution in [3.63, 3.8) is 0 Å². The summed E-state index contributed by atoms with van der Waals surface area (Å²) in [6, 6.07) is 5.91. The third-order valence-corrected chi connectivity index (χ3v) is 2.32. The Morgan fingerprint density at radius 2 is 1.65 bits per heavy atom. The van der Waals surface area contributed by atoms with Gasteiger partial charge in [0.05, 0.1) is 0 Å². The molecule has 0 saturated heterocycles. The van der Waals surface area contributed by atoms with E-state index < -0.39 is 0 Å². The molecule has 1 rings (SSSR count). The van der Waals surface area contributed by atoms with E-state index in [9.17, 15) is 0 Å². The van der Waals surface area contributed by atoms with Crippen LogP contribution in [-0.2, 0) is 0 Å². The van der Waals surface area contributed by atoms with E-state index >= 15 is 0 Å². The van der Waals surface area contributed by atoms with Gasteiger partial charge in [0, 0.05) is 0 Å². The largest absolute Gasteiger partial charge is 0.474 e. The molecule has 1 aromatic carbocycles. The van der Waals surface area contributed by atoms with Crippen molar-refractivity contribution in [1.29, 1.82) is 0 Å². The van der Waals surface area contributed by atoms with Gasteiger partial charge in [0.2, 0.25) is 0 Å². The van der Waals surface area contributed by atoms with E-state index in [4.69, 9.17) is 9.47 Å². The summed E-state index contributed by atoms with van der Waals surface area (Å²) in [7, 11) is 0. The van der Waals surface area contributed by atoms with Crippen molar-refractivity contribution in [3.05, 3.63) is 23.8 Å². The summed E-state index contributed by atoms with van der Waals surface area (Å²) < 4.78 is 11.3. The van der Waals surface area contributed by atoms with Crippen LogP contribution in [0.1, 0.15) is 19.4 Å². The summed E-state index contributed by atoms with van der Waals surface area (Å²) in [6.07, 6.45) is 0. The molecule has 0 aliphatic heterocycles. The lowest BCUT2D eigenvalue weighted by molar-refractivity contribution is 0.241. The van der Waals surface area contributed by atoms with Crippen molar-refractivity contribution >= 4 is 0 Å². The molecule has 0 radical (unpaired) electrons. The molecular formula is C13H22N2O2. The van der Waals surface area contributed by atoms with Gasteiger partial charge in [-0.2, -0.15) is 0 Å². The monoisotopic (exact) mass is 238 g/mol. The number of aryl methyl sites for hydroxylation is 1. The van der Waals surface area contributed by atoms with Gasteiger partial charge in [-0.15, -0.1) is 0 Å². The zero-order valence-electron chi connectivity index (χ0n) is 10.9. The fourth-order valence-electron chi connectivity index (χ4n) is 1.38. The van der Waals surface area contributed by atoms with Crippen molar-refractivity contribution in [3.8, 4) is 11.5 Å². The van der Waals surface area contributed by atoms with Gasteiger partial charge in [0.1, 0.15) is 13.5 Å². The Balaban J connectivity index is 2.63. The van der Waals surface area contributed by atoms with Gasteiger partial charge in [-0.25, -0.2) is 0 Å². The molecule has 0 aliphatic carbocycles. The highest BCUT2D eigenvalue weighted by Crippen LogP contribution is 2.30. The molecule has 0 spiro atoms. The van der Waals surface area contributed by atoms with Crippen LogP contribution in [-0.4, -0.2) is 26.6 Å². The van der Waals surface area contributed by atoms with Crippen LogP contribution in [0.25, 0.3) is 0 Å². The second-order valence-electron chi connectivity index (χ2n) is 3.69. The highest BCUT2D eigenvalue weighted by atomic mass is 16.5. The van der Waals surface area contributed by atoms with Crippen LogP contribution >= 0.6 is 0 Å². The first-order valence-corrected chi connectivity index (χ1v) is 6.06. The van der Waals surface area contributed by atoms with E-state index in [1.807, 2.05) is 39.0 Å². The Labute approximate surface area is 103 Å². The lowest BCUT2D eigenvalue weighted by atomic mass is 10.2. The maximum atomic E-state index is 5.68. The topological polar surface area (TPSA) is 42.5 Å². The molecule has 0 bridgehead atoms. The average Bonchev–Trinajstić information content (AvgIpc) is 2.33. The first-order valence-electron chi connectivity index (χ1n) is 6.06. The molecule has 0 fully saturated rings. The van der Waals surface area contributed by atoms with Gasteiger partial charge < -0.3 is 9.47 Å². The second-order valence-corrected chi connectivity index (χ2v) is 3.69. The Hall–Kier alpha value is -1.26. The Morgan fingerprint density at radius 1 is 1.00 bits per heavy atom. The Morgan fingerprint density at radius 3 is 2.29 bits per heavy atom. The number of para-hydroxylation sites is 1. The number of ether oxygens (including phenoxy) is 2. The molecule has 4 heteroatoms. The Kier molecular flexibility index (Phi) is 6.43. The number of hydrogen-bond acceptors (Lipinski definition) is 4. The van der Waals surface area contributed by atoms with E-state index in [0.29, 0.717) is 13.5 Å². The molecule has 0 aliphatic rings. The van der Waals surface area contributed by atoms with Gasteiger partial charge in [-0.3, -0.25) is 10.6 Å². The minimum absolute atomic E-state index is 0.498.